The quantitative estimate of drug-likeness (QED) is 0.694. The van der Waals surface area contributed by atoms with Crippen molar-refractivity contribution in [2.75, 3.05) is 19.5 Å². The summed E-state index contributed by atoms with van der Waals surface area (Å²) in [5, 5.41) is 10.9. The molecular formula is C17H13Cl2N3O4. The minimum absolute atomic E-state index is 0.0751. The van der Waals surface area contributed by atoms with Crippen molar-refractivity contribution in [2.24, 2.45) is 0 Å². The summed E-state index contributed by atoms with van der Waals surface area (Å²) in [6.07, 6.45) is 0. The van der Waals surface area contributed by atoms with Gasteiger partial charge >= 0.3 is 6.01 Å². The fourth-order valence-corrected chi connectivity index (χ4v) is 2.69. The van der Waals surface area contributed by atoms with Gasteiger partial charge in [-0.25, -0.2) is 0 Å². The van der Waals surface area contributed by atoms with Crippen molar-refractivity contribution in [2.45, 2.75) is 0 Å². The molecule has 1 aromatic heterocycles. The van der Waals surface area contributed by atoms with Gasteiger partial charge in [-0.3, -0.25) is 10.1 Å². The van der Waals surface area contributed by atoms with Gasteiger partial charge in [-0.2, -0.15) is 0 Å². The molecule has 0 saturated heterocycles. The number of methoxy groups -OCH3 is 2. The number of carbonyl (C=O) groups is 1. The number of anilines is 1. The maximum absolute atomic E-state index is 12.3. The molecule has 0 unspecified atom stereocenters. The first-order valence-electron chi connectivity index (χ1n) is 7.34. The highest BCUT2D eigenvalue weighted by Crippen LogP contribution is 2.33. The molecule has 2 aromatic carbocycles. The number of nitrogens with one attached hydrogen (secondary N) is 1. The van der Waals surface area contributed by atoms with Crippen LogP contribution >= 0.6 is 23.2 Å². The number of rotatable bonds is 5. The number of ether oxygens (including phenoxy) is 2. The Bertz CT molecular complexity index is 959. The van der Waals surface area contributed by atoms with Crippen molar-refractivity contribution >= 4 is 35.1 Å². The molecule has 0 saturated carbocycles. The van der Waals surface area contributed by atoms with Crippen LogP contribution < -0.4 is 14.8 Å². The second-order valence-electron chi connectivity index (χ2n) is 5.06. The molecule has 0 aliphatic carbocycles. The maximum Gasteiger partial charge on any atom is 0.322 e. The van der Waals surface area contributed by atoms with E-state index in [0.717, 1.165) is 0 Å². The second kappa shape index (κ2) is 7.63. The Balaban J connectivity index is 1.83. The predicted molar refractivity (Wildman–Crippen MR) is 97.3 cm³/mol. The van der Waals surface area contributed by atoms with Crippen LogP contribution in [0.25, 0.3) is 11.5 Å². The minimum atomic E-state index is -0.497. The fourth-order valence-electron chi connectivity index (χ4n) is 2.20. The van der Waals surface area contributed by atoms with Gasteiger partial charge in [0.05, 0.1) is 30.4 Å². The Hall–Kier alpha value is -2.77. The molecule has 0 spiro atoms. The van der Waals surface area contributed by atoms with Crippen LogP contribution in [-0.4, -0.2) is 30.3 Å². The van der Waals surface area contributed by atoms with E-state index >= 15 is 0 Å². The topological polar surface area (TPSA) is 86.5 Å². The Morgan fingerprint density at radius 1 is 1.08 bits per heavy atom. The highest BCUT2D eigenvalue weighted by atomic mass is 35.5. The number of amides is 1. The molecule has 0 aliphatic rings. The van der Waals surface area contributed by atoms with Crippen molar-refractivity contribution < 1.29 is 18.7 Å². The van der Waals surface area contributed by atoms with E-state index in [2.05, 4.69) is 15.5 Å². The van der Waals surface area contributed by atoms with Gasteiger partial charge in [0.15, 0.2) is 0 Å². The summed E-state index contributed by atoms with van der Waals surface area (Å²) in [7, 11) is 3.07. The van der Waals surface area contributed by atoms with E-state index < -0.39 is 5.91 Å². The SMILES string of the molecule is COc1ccc(-c2nnc(NC(=O)c3ccc(Cl)cc3Cl)o2)c(OC)c1. The van der Waals surface area contributed by atoms with E-state index in [1.54, 1.807) is 31.4 Å². The molecule has 134 valence electrons. The average molecular weight is 394 g/mol. The van der Waals surface area contributed by atoms with Crippen LogP contribution in [0.15, 0.2) is 40.8 Å². The van der Waals surface area contributed by atoms with Gasteiger partial charge in [-0.1, -0.05) is 28.3 Å². The van der Waals surface area contributed by atoms with Crippen LogP contribution in [0.1, 0.15) is 10.4 Å². The summed E-state index contributed by atoms with van der Waals surface area (Å²) in [5.74, 6) is 0.799. The maximum atomic E-state index is 12.3. The van der Waals surface area contributed by atoms with Crippen LogP contribution in [0.2, 0.25) is 10.0 Å². The largest absolute Gasteiger partial charge is 0.497 e. The molecular weight excluding hydrogens is 381 g/mol. The lowest BCUT2D eigenvalue weighted by atomic mass is 10.2. The zero-order valence-electron chi connectivity index (χ0n) is 13.7. The number of halogens is 2. The first-order chi connectivity index (χ1) is 12.5. The van der Waals surface area contributed by atoms with Crippen LogP contribution in [-0.2, 0) is 0 Å². The Morgan fingerprint density at radius 2 is 1.88 bits per heavy atom. The van der Waals surface area contributed by atoms with Gasteiger partial charge in [0, 0.05) is 11.1 Å². The number of carbonyl (C=O) groups excluding carboxylic acids is 1. The monoisotopic (exact) mass is 393 g/mol. The zero-order chi connectivity index (χ0) is 18.7. The lowest BCUT2D eigenvalue weighted by molar-refractivity contribution is 0.102. The highest BCUT2D eigenvalue weighted by molar-refractivity contribution is 6.37. The van der Waals surface area contributed by atoms with Crippen molar-refractivity contribution in [3.63, 3.8) is 0 Å². The lowest BCUT2D eigenvalue weighted by Crippen LogP contribution is -2.12. The van der Waals surface area contributed by atoms with Gasteiger partial charge in [-0.15, -0.1) is 5.10 Å². The van der Waals surface area contributed by atoms with Gasteiger partial charge in [-0.05, 0) is 30.3 Å². The third-order valence-corrected chi connectivity index (χ3v) is 4.01. The van der Waals surface area contributed by atoms with Crippen LogP contribution in [0.4, 0.5) is 6.01 Å². The van der Waals surface area contributed by atoms with Gasteiger partial charge in [0.2, 0.25) is 0 Å². The summed E-state index contributed by atoms with van der Waals surface area (Å²) in [4.78, 5) is 12.3. The number of benzene rings is 2. The Morgan fingerprint density at radius 3 is 2.58 bits per heavy atom. The van der Waals surface area contributed by atoms with Crippen molar-refractivity contribution in [1.82, 2.24) is 10.2 Å². The van der Waals surface area contributed by atoms with E-state index in [0.29, 0.717) is 22.1 Å². The number of hydrogen-bond donors (Lipinski definition) is 1. The molecule has 1 amide bonds. The summed E-state index contributed by atoms with van der Waals surface area (Å²) in [6, 6.07) is 9.59. The van der Waals surface area contributed by atoms with Crippen LogP contribution in [0.5, 0.6) is 11.5 Å². The first-order valence-corrected chi connectivity index (χ1v) is 8.09. The molecule has 3 rings (SSSR count). The molecule has 0 bridgehead atoms. The molecule has 0 fully saturated rings. The highest BCUT2D eigenvalue weighted by Gasteiger charge is 2.17. The number of aromatic nitrogens is 2. The van der Waals surface area contributed by atoms with Gasteiger partial charge in [0.25, 0.3) is 11.8 Å². The average Bonchev–Trinajstić information content (AvgIpc) is 3.09. The first kappa shape index (κ1) is 18.0. The van der Waals surface area contributed by atoms with E-state index in [1.165, 1.54) is 19.2 Å². The Labute approximate surface area is 158 Å². The van der Waals surface area contributed by atoms with Crippen molar-refractivity contribution in [3.05, 3.63) is 52.0 Å². The molecule has 0 aliphatic heterocycles. The van der Waals surface area contributed by atoms with Crippen LogP contribution in [0.3, 0.4) is 0 Å². The van der Waals surface area contributed by atoms with E-state index in [9.17, 15) is 4.79 Å². The smallest absolute Gasteiger partial charge is 0.322 e. The molecule has 0 radical (unpaired) electrons. The molecule has 7 nitrogen and oxygen atoms in total. The fraction of sp³-hybridized carbons (Fsp3) is 0.118. The predicted octanol–water partition coefficient (Wildman–Crippen LogP) is 4.31. The number of nitrogens with zero attached hydrogens (tertiary/aromatic N) is 2. The Kier molecular flexibility index (Phi) is 5.29. The summed E-state index contributed by atoms with van der Waals surface area (Å²) >= 11 is 11.8. The summed E-state index contributed by atoms with van der Waals surface area (Å²) in [6.45, 7) is 0. The van der Waals surface area contributed by atoms with Gasteiger partial charge in [0.1, 0.15) is 11.5 Å². The summed E-state index contributed by atoms with van der Waals surface area (Å²) < 4.78 is 15.9. The standard InChI is InChI=1S/C17H13Cl2N3O4/c1-24-10-4-6-12(14(8-10)25-2)16-21-22-17(26-16)20-15(23)11-5-3-9(18)7-13(11)19/h3-8H,1-2H3,(H,20,22,23). The lowest BCUT2D eigenvalue weighted by Gasteiger charge is -2.07. The second-order valence-corrected chi connectivity index (χ2v) is 5.90. The van der Waals surface area contributed by atoms with E-state index in [-0.39, 0.29) is 22.5 Å². The molecule has 9 heteroatoms. The minimum Gasteiger partial charge on any atom is -0.497 e. The summed E-state index contributed by atoms with van der Waals surface area (Å²) in [5.41, 5.74) is 0.795. The molecule has 1 N–H and O–H groups in total. The molecule has 26 heavy (non-hydrogen) atoms. The van der Waals surface area contributed by atoms with Crippen molar-refractivity contribution in [1.29, 1.82) is 0 Å². The molecule has 0 atom stereocenters. The zero-order valence-corrected chi connectivity index (χ0v) is 15.3. The third kappa shape index (κ3) is 3.74. The molecule has 1 heterocycles. The van der Waals surface area contributed by atoms with E-state index in [1.807, 2.05) is 0 Å². The van der Waals surface area contributed by atoms with Crippen molar-refractivity contribution in [3.8, 4) is 23.0 Å². The van der Waals surface area contributed by atoms with E-state index in [4.69, 9.17) is 37.1 Å². The van der Waals surface area contributed by atoms with Crippen LogP contribution in [0, 0.1) is 0 Å². The third-order valence-electron chi connectivity index (χ3n) is 3.46. The van der Waals surface area contributed by atoms with Gasteiger partial charge < -0.3 is 13.9 Å². The molecule has 3 aromatic rings. The number of hydrogen-bond acceptors (Lipinski definition) is 6. The normalized spacial score (nSPS) is 10.5.